The van der Waals surface area contributed by atoms with Crippen molar-refractivity contribution >= 4 is 5.97 Å². The summed E-state index contributed by atoms with van der Waals surface area (Å²) in [4.78, 5) is 12.0. The van der Waals surface area contributed by atoms with Crippen molar-refractivity contribution in [1.82, 2.24) is 0 Å². The van der Waals surface area contributed by atoms with Crippen molar-refractivity contribution in [2.24, 2.45) is 29.6 Å². The average molecular weight is 1250 g/mol. The Hall–Kier alpha value is -0.610. The molecular weight excluding hydrogens is 1080 g/mol. The second-order valence-corrected chi connectivity index (χ2v) is 30.9. The van der Waals surface area contributed by atoms with E-state index in [4.69, 9.17) is 4.74 Å². The lowest BCUT2D eigenvalue weighted by Gasteiger charge is -2.28. The van der Waals surface area contributed by atoms with Gasteiger partial charge in [-0.25, -0.2) is 0 Å². The molecule has 7 atom stereocenters. The van der Waals surface area contributed by atoms with Gasteiger partial charge >= 0.3 is 5.97 Å². The molecule has 0 spiro atoms. The Morgan fingerprint density at radius 2 is 0.528 bits per heavy atom. The maximum atomic E-state index is 12.0. The van der Waals surface area contributed by atoms with Crippen molar-refractivity contribution in [2.75, 3.05) is 7.11 Å². The van der Waals surface area contributed by atoms with Crippen LogP contribution in [0.15, 0.2) is 0 Å². The molecular formula is C85H168O4. The summed E-state index contributed by atoms with van der Waals surface area (Å²) in [6.45, 7) is 9.56. The number of hydrogen-bond donors (Lipinski definition) is 2. The number of unbranched alkanes of at least 4 members (excludes halogenated alkanes) is 61. The quantitative estimate of drug-likeness (QED) is 0.0596. The van der Waals surface area contributed by atoms with E-state index >= 15 is 0 Å². The van der Waals surface area contributed by atoms with Crippen LogP contribution in [0.3, 0.4) is 0 Å². The molecule has 1 saturated carbocycles. The molecule has 1 rings (SSSR count). The highest BCUT2D eigenvalue weighted by atomic mass is 16.5. The normalized spacial score (nSPS) is 15.9. The van der Waals surface area contributed by atoms with E-state index in [0.717, 1.165) is 43.4 Å². The number of carboxylic acids is 1. The Labute approximate surface area is 561 Å². The summed E-state index contributed by atoms with van der Waals surface area (Å²) in [6, 6.07) is 0. The lowest BCUT2D eigenvalue weighted by atomic mass is 9.84. The van der Waals surface area contributed by atoms with Gasteiger partial charge in [0.05, 0.1) is 18.1 Å². The fourth-order valence-corrected chi connectivity index (χ4v) is 15.5. The van der Waals surface area contributed by atoms with Crippen LogP contribution < -0.4 is 0 Å². The van der Waals surface area contributed by atoms with Crippen LogP contribution in [0.1, 0.15) is 490 Å². The Kier molecular flexibility index (Phi) is 68.1. The third kappa shape index (κ3) is 60.8. The molecule has 0 radical (unpaired) electrons. The molecule has 0 bridgehead atoms. The minimum absolute atomic E-state index is 0.448. The van der Waals surface area contributed by atoms with E-state index in [2.05, 4.69) is 27.7 Å². The first-order valence-corrected chi connectivity index (χ1v) is 42.3. The van der Waals surface area contributed by atoms with Gasteiger partial charge in [-0.15, -0.1) is 0 Å². The van der Waals surface area contributed by atoms with Gasteiger partial charge in [-0.3, -0.25) is 4.79 Å². The minimum atomic E-state index is -0.798. The molecule has 1 fully saturated rings. The van der Waals surface area contributed by atoms with Gasteiger partial charge in [-0.2, -0.15) is 0 Å². The van der Waals surface area contributed by atoms with Gasteiger partial charge in [-0.05, 0) is 49.4 Å². The first-order chi connectivity index (χ1) is 43.8. The summed E-state index contributed by atoms with van der Waals surface area (Å²) in [7, 11) is 1.96. The SMILES string of the molecule is CCCCCCCCCCCCCCCCCCCCCCCC[C@@H](C(=O)O)[C@H](O)CCCCCCCCCCCCCCCCC[C@@H]1CC1CCCCCCCCCCCCCCCC[C@@H](OC)[C@@H](C)C(C)CCCCCCCCCCCCCCCC. The van der Waals surface area contributed by atoms with Crippen molar-refractivity contribution < 1.29 is 19.7 Å². The van der Waals surface area contributed by atoms with E-state index < -0.39 is 18.0 Å². The molecule has 4 heteroatoms. The summed E-state index contributed by atoms with van der Waals surface area (Å²) < 4.78 is 6.05. The topological polar surface area (TPSA) is 66.8 Å². The number of aliphatic hydroxyl groups is 1. The highest BCUT2D eigenvalue weighted by molar-refractivity contribution is 5.70. The molecule has 1 aliphatic rings. The Morgan fingerprint density at radius 1 is 0.315 bits per heavy atom. The zero-order valence-corrected chi connectivity index (χ0v) is 62.2. The van der Waals surface area contributed by atoms with Gasteiger partial charge in [-0.1, -0.05) is 464 Å². The molecule has 89 heavy (non-hydrogen) atoms. The minimum Gasteiger partial charge on any atom is -0.481 e. The average Bonchev–Trinajstić information content (AvgIpc) is 3.61. The van der Waals surface area contributed by atoms with Gasteiger partial charge in [0.1, 0.15) is 0 Å². The van der Waals surface area contributed by atoms with Crippen molar-refractivity contribution in [3.8, 4) is 0 Å². The number of hydrogen-bond acceptors (Lipinski definition) is 3. The fraction of sp³-hybridized carbons (Fsp3) is 0.988. The summed E-state index contributed by atoms with van der Waals surface area (Å²) >= 11 is 0. The maximum Gasteiger partial charge on any atom is 0.309 e. The molecule has 0 saturated heterocycles. The zero-order valence-electron chi connectivity index (χ0n) is 62.2. The van der Waals surface area contributed by atoms with Crippen LogP contribution in [0.2, 0.25) is 0 Å². The number of rotatable bonds is 78. The van der Waals surface area contributed by atoms with E-state index in [1.807, 2.05) is 7.11 Å². The van der Waals surface area contributed by atoms with Crippen molar-refractivity contribution in [1.29, 1.82) is 0 Å². The van der Waals surface area contributed by atoms with Crippen LogP contribution in [-0.2, 0) is 9.53 Å². The molecule has 0 heterocycles. The predicted octanol–water partition coefficient (Wildman–Crippen LogP) is 29.7. The lowest BCUT2D eigenvalue weighted by molar-refractivity contribution is -0.146. The second-order valence-electron chi connectivity index (χ2n) is 30.9. The zero-order chi connectivity index (χ0) is 64.2. The van der Waals surface area contributed by atoms with Gasteiger partial charge in [0, 0.05) is 7.11 Å². The van der Waals surface area contributed by atoms with Crippen molar-refractivity contribution in [2.45, 2.75) is 502 Å². The molecule has 1 aliphatic carbocycles. The third-order valence-electron chi connectivity index (χ3n) is 22.4. The summed E-state index contributed by atoms with van der Waals surface area (Å²) in [6.07, 6.45) is 99.1. The maximum absolute atomic E-state index is 12.0. The van der Waals surface area contributed by atoms with Gasteiger partial charge < -0.3 is 14.9 Å². The Morgan fingerprint density at radius 3 is 0.775 bits per heavy atom. The van der Waals surface area contributed by atoms with Crippen LogP contribution in [0.5, 0.6) is 0 Å². The van der Waals surface area contributed by atoms with E-state index in [1.54, 1.807) is 6.42 Å². The number of aliphatic carboxylic acids is 1. The van der Waals surface area contributed by atoms with Crippen LogP contribution >= 0.6 is 0 Å². The van der Waals surface area contributed by atoms with Gasteiger partial charge in [0.15, 0.2) is 0 Å². The number of carbonyl (C=O) groups is 1. The monoisotopic (exact) mass is 1250 g/mol. The summed E-state index contributed by atoms with van der Waals surface area (Å²) in [5.74, 6) is 2.25. The highest BCUT2D eigenvalue weighted by Gasteiger charge is 2.35. The Bertz CT molecular complexity index is 1350. The van der Waals surface area contributed by atoms with E-state index in [0.29, 0.717) is 24.9 Å². The van der Waals surface area contributed by atoms with E-state index in [9.17, 15) is 15.0 Å². The fourth-order valence-electron chi connectivity index (χ4n) is 15.5. The molecule has 0 aliphatic heterocycles. The van der Waals surface area contributed by atoms with E-state index in [1.165, 1.54) is 417 Å². The number of methoxy groups -OCH3 is 1. The van der Waals surface area contributed by atoms with Crippen molar-refractivity contribution in [3.05, 3.63) is 0 Å². The lowest BCUT2D eigenvalue weighted by Crippen LogP contribution is -2.28. The van der Waals surface area contributed by atoms with Crippen molar-refractivity contribution in [3.63, 3.8) is 0 Å². The summed E-state index contributed by atoms with van der Waals surface area (Å²) in [5.41, 5.74) is 0. The molecule has 0 aromatic heterocycles. The molecule has 2 N–H and O–H groups in total. The van der Waals surface area contributed by atoms with E-state index in [-0.39, 0.29) is 0 Å². The molecule has 2 unspecified atom stereocenters. The van der Waals surface area contributed by atoms with Crippen LogP contribution in [-0.4, -0.2) is 35.5 Å². The highest BCUT2D eigenvalue weighted by Crippen LogP contribution is 2.46. The number of aliphatic hydroxyl groups excluding tert-OH is 1. The number of ether oxygens (including phenoxy) is 1. The molecule has 4 nitrogen and oxygen atoms in total. The second kappa shape index (κ2) is 70.2. The first-order valence-electron chi connectivity index (χ1n) is 42.3. The van der Waals surface area contributed by atoms with Gasteiger partial charge in [0.2, 0.25) is 0 Å². The molecule has 0 aromatic rings. The molecule has 0 aromatic carbocycles. The third-order valence-corrected chi connectivity index (χ3v) is 22.4. The summed E-state index contributed by atoms with van der Waals surface area (Å²) in [5, 5.41) is 20.6. The molecule has 0 amide bonds. The smallest absolute Gasteiger partial charge is 0.309 e. The Balaban J connectivity index is 1.78. The predicted molar refractivity (Wildman–Crippen MR) is 397 cm³/mol. The molecule has 532 valence electrons. The first kappa shape index (κ1) is 86.4. The largest absolute Gasteiger partial charge is 0.481 e. The van der Waals surface area contributed by atoms with Gasteiger partial charge in [0.25, 0.3) is 0 Å². The van der Waals surface area contributed by atoms with Crippen LogP contribution in [0, 0.1) is 29.6 Å². The number of carboxylic acid groups (broad SMARTS) is 1. The van der Waals surface area contributed by atoms with Crippen LogP contribution in [0.4, 0.5) is 0 Å². The standard InChI is InChI=1S/C85H168O4/c1-6-8-10-12-14-16-18-20-22-23-24-25-26-27-28-31-38-44-50-56-62-68-74-82(85(87)88)83(86)75-69-63-57-51-45-39-32-29-30-36-42-48-54-60-66-72-80-77-81(80)73-67-61-55-49-43-37-33-34-40-46-52-58-64-70-76-84(89-5)79(4)78(3)71-65-59-53-47-41-35-21-19-17-15-13-11-9-7-2/h78-84,86H,6-77H2,1-5H3,(H,87,88)/t78?,79-,80+,81?,82+,83+,84+/m0/s1. The van der Waals surface area contributed by atoms with Crippen LogP contribution in [0.25, 0.3) is 0 Å².